The number of rotatable bonds is 5. The lowest BCUT2D eigenvalue weighted by Crippen LogP contribution is -2.51. The third-order valence-electron chi connectivity index (χ3n) is 5.04. The normalized spacial score (nSPS) is 13.9. The second-order valence-corrected chi connectivity index (χ2v) is 8.51. The van der Waals surface area contributed by atoms with Crippen LogP contribution in [0.25, 0.3) is 10.6 Å². The van der Waals surface area contributed by atoms with Gasteiger partial charge in [0.25, 0.3) is 5.91 Å². The number of nitrogens with one attached hydrogen (secondary N) is 1. The highest BCUT2D eigenvalue weighted by atomic mass is 35.5. The Bertz CT molecular complexity index is 1100. The second-order valence-electron chi connectivity index (χ2n) is 7.04. The van der Waals surface area contributed by atoms with E-state index in [0.717, 1.165) is 17.0 Å². The van der Waals surface area contributed by atoms with Gasteiger partial charge in [-0.05, 0) is 30.3 Å². The minimum Gasteiger partial charge on any atom is -0.368 e. The fourth-order valence-electron chi connectivity index (χ4n) is 3.38. The van der Waals surface area contributed by atoms with Gasteiger partial charge < -0.3 is 15.1 Å². The average molecular weight is 459 g/mol. The number of halogens is 2. The maximum atomic E-state index is 13.9. The number of benzene rings is 2. The number of hydrogen-bond donors (Lipinski definition) is 1. The smallest absolute Gasteiger partial charge is 0.263 e. The standard InChI is InChI=1S/C22H20ClFN4O2S/c23-15-4-3-5-16(12-15)27-8-10-28(11-9-27)20(29)14-25-21(30)19-13-26-22(31-19)17-6-1-2-7-18(17)24/h1-7,12-13H,8-11,14H2,(H,25,30). The number of anilines is 1. The largest absolute Gasteiger partial charge is 0.368 e. The number of nitrogens with zero attached hydrogens (tertiary/aromatic N) is 3. The van der Waals surface area contributed by atoms with Crippen LogP contribution in [-0.4, -0.2) is 54.4 Å². The number of carbonyl (C=O) groups excluding carboxylic acids is 2. The van der Waals surface area contributed by atoms with Crippen molar-refractivity contribution in [3.05, 3.63) is 70.4 Å². The maximum Gasteiger partial charge on any atom is 0.263 e. The van der Waals surface area contributed by atoms with E-state index in [1.807, 2.05) is 24.3 Å². The van der Waals surface area contributed by atoms with Crippen molar-refractivity contribution in [3.63, 3.8) is 0 Å². The molecule has 0 unspecified atom stereocenters. The third-order valence-corrected chi connectivity index (χ3v) is 6.30. The molecule has 1 fully saturated rings. The predicted octanol–water partition coefficient (Wildman–Crippen LogP) is 3.68. The minimum absolute atomic E-state index is 0.0943. The Morgan fingerprint density at radius 1 is 1.10 bits per heavy atom. The van der Waals surface area contributed by atoms with Crippen molar-refractivity contribution in [1.82, 2.24) is 15.2 Å². The van der Waals surface area contributed by atoms with Crippen molar-refractivity contribution in [2.75, 3.05) is 37.6 Å². The van der Waals surface area contributed by atoms with Crippen LogP contribution in [0.15, 0.2) is 54.7 Å². The number of aromatic nitrogens is 1. The van der Waals surface area contributed by atoms with Gasteiger partial charge in [-0.3, -0.25) is 9.59 Å². The van der Waals surface area contributed by atoms with Gasteiger partial charge in [-0.1, -0.05) is 29.8 Å². The van der Waals surface area contributed by atoms with Crippen molar-refractivity contribution in [3.8, 4) is 10.6 Å². The zero-order valence-corrected chi connectivity index (χ0v) is 18.1. The number of piperazine rings is 1. The molecular weight excluding hydrogens is 439 g/mol. The van der Waals surface area contributed by atoms with E-state index in [1.165, 1.54) is 12.3 Å². The van der Waals surface area contributed by atoms with Crippen LogP contribution in [0.4, 0.5) is 10.1 Å². The summed E-state index contributed by atoms with van der Waals surface area (Å²) in [6.45, 7) is 2.43. The first-order valence-electron chi connectivity index (χ1n) is 9.78. The predicted molar refractivity (Wildman–Crippen MR) is 120 cm³/mol. The van der Waals surface area contributed by atoms with Gasteiger partial charge in [0.1, 0.15) is 15.7 Å². The molecule has 2 aromatic carbocycles. The summed E-state index contributed by atoms with van der Waals surface area (Å²) >= 11 is 7.14. The Balaban J connectivity index is 1.28. The van der Waals surface area contributed by atoms with E-state index in [0.29, 0.717) is 46.6 Å². The molecule has 1 saturated heterocycles. The average Bonchev–Trinajstić information content (AvgIpc) is 3.28. The van der Waals surface area contributed by atoms with E-state index in [9.17, 15) is 14.0 Å². The first-order valence-corrected chi connectivity index (χ1v) is 11.0. The SMILES string of the molecule is O=C(NCC(=O)N1CCN(c2cccc(Cl)c2)CC1)c1cnc(-c2ccccc2F)s1. The van der Waals surface area contributed by atoms with Gasteiger partial charge >= 0.3 is 0 Å². The summed E-state index contributed by atoms with van der Waals surface area (Å²) in [5.74, 6) is -0.931. The molecule has 1 aliphatic heterocycles. The van der Waals surface area contributed by atoms with Crippen LogP contribution >= 0.6 is 22.9 Å². The summed E-state index contributed by atoms with van der Waals surface area (Å²) in [5, 5.41) is 3.74. The lowest BCUT2D eigenvalue weighted by Gasteiger charge is -2.36. The van der Waals surface area contributed by atoms with Crippen LogP contribution in [0.5, 0.6) is 0 Å². The first-order chi connectivity index (χ1) is 15.0. The second kappa shape index (κ2) is 9.45. The Hall–Kier alpha value is -2.97. The van der Waals surface area contributed by atoms with E-state index in [4.69, 9.17) is 11.6 Å². The van der Waals surface area contributed by atoms with Crippen LogP contribution in [-0.2, 0) is 4.79 Å². The molecule has 1 N–H and O–H groups in total. The fourth-order valence-corrected chi connectivity index (χ4v) is 4.42. The summed E-state index contributed by atoms with van der Waals surface area (Å²) in [6.07, 6.45) is 1.40. The highest BCUT2D eigenvalue weighted by molar-refractivity contribution is 7.16. The minimum atomic E-state index is -0.397. The van der Waals surface area contributed by atoms with Gasteiger partial charge in [0.15, 0.2) is 0 Å². The molecule has 4 rings (SSSR count). The van der Waals surface area contributed by atoms with Crippen LogP contribution in [0.2, 0.25) is 5.02 Å². The van der Waals surface area contributed by atoms with Gasteiger partial charge in [0.05, 0.1) is 12.7 Å². The molecule has 160 valence electrons. The summed E-state index contributed by atoms with van der Waals surface area (Å²) in [4.78, 5) is 33.3. The van der Waals surface area contributed by atoms with Crippen LogP contribution < -0.4 is 10.2 Å². The molecule has 1 aromatic heterocycles. The van der Waals surface area contributed by atoms with Crippen molar-refractivity contribution >= 4 is 40.4 Å². The molecule has 9 heteroatoms. The molecule has 2 heterocycles. The summed E-state index contributed by atoms with van der Waals surface area (Å²) in [5.41, 5.74) is 1.38. The van der Waals surface area contributed by atoms with Gasteiger partial charge in [-0.2, -0.15) is 0 Å². The Morgan fingerprint density at radius 3 is 2.61 bits per heavy atom. The van der Waals surface area contributed by atoms with E-state index in [1.54, 1.807) is 23.1 Å². The number of thiazole rings is 1. The van der Waals surface area contributed by atoms with Gasteiger partial charge in [0, 0.05) is 42.5 Å². The number of amides is 2. The summed E-state index contributed by atoms with van der Waals surface area (Å²) in [6, 6.07) is 13.9. The van der Waals surface area contributed by atoms with E-state index < -0.39 is 11.7 Å². The zero-order valence-electron chi connectivity index (χ0n) is 16.6. The van der Waals surface area contributed by atoms with Gasteiger partial charge in [-0.15, -0.1) is 11.3 Å². The first kappa shape index (κ1) is 21.3. The summed E-state index contributed by atoms with van der Waals surface area (Å²) < 4.78 is 13.9. The van der Waals surface area contributed by atoms with Crippen molar-refractivity contribution in [2.24, 2.45) is 0 Å². The van der Waals surface area contributed by atoms with Crippen molar-refractivity contribution in [2.45, 2.75) is 0 Å². The Labute approximate surface area is 188 Å². The van der Waals surface area contributed by atoms with Crippen LogP contribution in [0.1, 0.15) is 9.67 Å². The maximum absolute atomic E-state index is 13.9. The molecule has 0 radical (unpaired) electrons. The number of hydrogen-bond acceptors (Lipinski definition) is 5. The molecule has 3 aromatic rings. The van der Waals surface area contributed by atoms with Crippen LogP contribution in [0.3, 0.4) is 0 Å². The van der Waals surface area contributed by atoms with Crippen molar-refractivity contribution < 1.29 is 14.0 Å². The van der Waals surface area contributed by atoms with Crippen LogP contribution in [0, 0.1) is 5.82 Å². The Morgan fingerprint density at radius 2 is 1.87 bits per heavy atom. The number of carbonyl (C=O) groups is 2. The topological polar surface area (TPSA) is 65.5 Å². The van der Waals surface area contributed by atoms with Crippen molar-refractivity contribution in [1.29, 1.82) is 0 Å². The molecule has 2 amide bonds. The quantitative estimate of drug-likeness (QED) is 0.633. The van der Waals surface area contributed by atoms with Gasteiger partial charge in [-0.25, -0.2) is 9.37 Å². The highest BCUT2D eigenvalue weighted by Gasteiger charge is 2.22. The molecule has 0 bridgehead atoms. The lowest BCUT2D eigenvalue weighted by atomic mass is 10.2. The van der Waals surface area contributed by atoms with E-state index in [-0.39, 0.29) is 12.5 Å². The van der Waals surface area contributed by atoms with Gasteiger partial charge in [0.2, 0.25) is 5.91 Å². The molecular formula is C22H20ClFN4O2S. The fraction of sp³-hybridized carbons (Fsp3) is 0.227. The lowest BCUT2D eigenvalue weighted by molar-refractivity contribution is -0.130. The molecule has 0 saturated carbocycles. The molecule has 0 aliphatic carbocycles. The molecule has 31 heavy (non-hydrogen) atoms. The Kier molecular flexibility index (Phi) is 6.48. The zero-order chi connectivity index (χ0) is 21.8. The summed E-state index contributed by atoms with van der Waals surface area (Å²) in [7, 11) is 0. The van der Waals surface area contributed by atoms with E-state index >= 15 is 0 Å². The molecule has 1 aliphatic rings. The molecule has 0 spiro atoms. The molecule has 0 atom stereocenters. The monoisotopic (exact) mass is 458 g/mol. The highest BCUT2D eigenvalue weighted by Crippen LogP contribution is 2.27. The third kappa shape index (κ3) is 5.03. The van der Waals surface area contributed by atoms with E-state index in [2.05, 4.69) is 15.2 Å². The molecule has 6 nitrogen and oxygen atoms in total.